The summed E-state index contributed by atoms with van der Waals surface area (Å²) in [6.45, 7) is 6.46. The van der Waals surface area contributed by atoms with Crippen LogP contribution < -0.4 is 10.6 Å². The number of hydrogen-bond acceptors (Lipinski definition) is 8. The van der Waals surface area contributed by atoms with Crippen LogP contribution in [0.4, 0.5) is 11.6 Å². The highest BCUT2D eigenvalue weighted by atomic mass is 16.5. The number of nitrogens with one attached hydrogen (secondary N) is 2. The van der Waals surface area contributed by atoms with Gasteiger partial charge < -0.3 is 19.9 Å². The van der Waals surface area contributed by atoms with Crippen molar-refractivity contribution in [1.82, 2.24) is 20.1 Å². The Bertz CT molecular complexity index is 531. The molecule has 0 aliphatic rings. The molecule has 8 nitrogen and oxygen atoms in total. The van der Waals surface area contributed by atoms with Crippen molar-refractivity contribution in [3.8, 4) is 0 Å². The van der Waals surface area contributed by atoms with E-state index in [-0.39, 0.29) is 0 Å². The van der Waals surface area contributed by atoms with Gasteiger partial charge in [-0.3, -0.25) is 0 Å². The Balaban J connectivity index is 1.97. The van der Waals surface area contributed by atoms with Crippen LogP contribution in [0, 0.1) is 0 Å². The first-order chi connectivity index (χ1) is 10.3. The first-order valence-corrected chi connectivity index (χ1v) is 7.00. The number of nitrogens with zero attached hydrogens (tertiary/aromatic N) is 4. The Morgan fingerprint density at radius 2 is 1.95 bits per heavy atom. The predicted octanol–water partition coefficient (Wildman–Crippen LogP) is 1.48. The summed E-state index contributed by atoms with van der Waals surface area (Å²) >= 11 is 0. The lowest BCUT2D eigenvalue weighted by molar-refractivity contribution is 0.128. The molecule has 0 aliphatic carbocycles. The molecule has 0 saturated carbocycles. The Labute approximate surface area is 123 Å². The molecule has 2 aromatic rings. The van der Waals surface area contributed by atoms with Crippen molar-refractivity contribution < 1.29 is 9.26 Å². The maximum absolute atomic E-state index is 5.36. The summed E-state index contributed by atoms with van der Waals surface area (Å²) in [6.07, 6.45) is 1.99. The van der Waals surface area contributed by atoms with Gasteiger partial charge in [-0.1, -0.05) is 5.16 Å². The fraction of sp³-hybridized carbons (Fsp3) is 0.538. The van der Waals surface area contributed by atoms with E-state index in [1.165, 1.54) is 6.39 Å². The second kappa shape index (κ2) is 8.15. The number of aromatic nitrogens is 4. The van der Waals surface area contributed by atoms with Crippen LogP contribution >= 0.6 is 0 Å². The van der Waals surface area contributed by atoms with E-state index in [0.717, 1.165) is 18.2 Å². The van der Waals surface area contributed by atoms with E-state index in [1.807, 2.05) is 19.9 Å². The van der Waals surface area contributed by atoms with Crippen molar-refractivity contribution in [2.75, 3.05) is 30.3 Å². The molecule has 0 amide bonds. The summed E-state index contributed by atoms with van der Waals surface area (Å²) in [5.41, 5.74) is 0. The molecule has 0 saturated heterocycles. The van der Waals surface area contributed by atoms with E-state index < -0.39 is 0 Å². The van der Waals surface area contributed by atoms with Gasteiger partial charge in [0.1, 0.15) is 18.2 Å². The Morgan fingerprint density at radius 3 is 2.62 bits per heavy atom. The molecule has 0 atom stereocenters. The molecule has 2 rings (SSSR count). The molecular formula is C13H20N6O2. The third-order valence-corrected chi connectivity index (χ3v) is 2.63. The van der Waals surface area contributed by atoms with Crippen molar-refractivity contribution in [2.24, 2.45) is 0 Å². The molecule has 0 spiro atoms. The zero-order chi connectivity index (χ0) is 14.9. The maximum Gasteiger partial charge on any atom is 0.213 e. The largest absolute Gasteiger partial charge is 0.374 e. The molecule has 8 heteroatoms. The van der Waals surface area contributed by atoms with Crippen LogP contribution in [0.1, 0.15) is 25.5 Å². The van der Waals surface area contributed by atoms with Crippen molar-refractivity contribution in [1.29, 1.82) is 0 Å². The summed E-state index contributed by atoms with van der Waals surface area (Å²) in [4.78, 5) is 12.8. The van der Waals surface area contributed by atoms with E-state index in [9.17, 15) is 0 Å². The van der Waals surface area contributed by atoms with Gasteiger partial charge in [0.15, 0.2) is 11.6 Å². The van der Waals surface area contributed by atoms with E-state index in [4.69, 9.17) is 9.26 Å². The van der Waals surface area contributed by atoms with E-state index in [0.29, 0.717) is 37.8 Å². The van der Waals surface area contributed by atoms with E-state index in [2.05, 4.69) is 30.7 Å². The summed E-state index contributed by atoms with van der Waals surface area (Å²) < 4.78 is 10.0. The summed E-state index contributed by atoms with van der Waals surface area (Å²) in [5.74, 6) is 2.85. The average Bonchev–Trinajstić information content (AvgIpc) is 2.99. The van der Waals surface area contributed by atoms with Crippen LogP contribution in [0.5, 0.6) is 0 Å². The van der Waals surface area contributed by atoms with Gasteiger partial charge >= 0.3 is 0 Å². The molecule has 2 N–H and O–H groups in total. The molecule has 0 aliphatic heterocycles. The molecule has 21 heavy (non-hydrogen) atoms. The molecule has 0 aromatic carbocycles. The maximum atomic E-state index is 5.36. The van der Waals surface area contributed by atoms with E-state index >= 15 is 0 Å². The summed E-state index contributed by atoms with van der Waals surface area (Å²) in [7, 11) is 0. The van der Waals surface area contributed by atoms with Gasteiger partial charge in [0.2, 0.25) is 6.39 Å². The third-order valence-electron chi connectivity index (χ3n) is 2.63. The van der Waals surface area contributed by atoms with Crippen molar-refractivity contribution in [2.45, 2.75) is 26.9 Å². The molecular weight excluding hydrogens is 272 g/mol. The van der Waals surface area contributed by atoms with E-state index in [1.54, 1.807) is 0 Å². The fourth-order valence-electron chi connectivity index (χ4n) is 1.72. The van der Waals surface area contributed by atoms with Crippen LogP contribution in [-0.2, 0) is 17.8 Å². The number of rotatable bonds is 9. The highest BCUT2D eigenvalue weighted by Gasteiger charge is 2.05. The quantitative estimate of drug-likeness (QED) is 0.717. The van der Waals surface area contributed by atoms with Crippen molar-refractivity contribution >= 4 is 11.6 Å². The van der Waals surface area contributed by atoms with Gasteiger partial charge in [-0.25, -0.2) is 9.97 Å². The zero-order valence-corrected chi connectivity index (χ0v) is 12.3. The van der Waals surface area contributed by atoms with Gasteiger partial charge in [-0.05, 0) is 13.8 Å². The first kappa shape index (κ1) is 15.2. The van der Waals surface area contributed by atoms with Crippen LogP contribution in [0.25, 0.3) is 0 Å². The monoisotopic (exact) mass is 292 g/mol. The Morgan fingerprint density at radius 1 is 1.14 bits per heavy atom. The molecule has 2 aromatic heterocycles. The SMILES string of the molecule is CCNc1cc(NCCc2ncon2)nc(COCC)n1. The highest BCUT2D eigenvalue weighted by molar-refractivity contribution is 5.47. The van der Waals surface area contributed by atoms with Gasteiger partial charge in [0, 0.05) is 32.2 Å². The lowest BCUT2D eigenvalue weighted by Crippen LogP contribution is -2.11. The van der Waals surface area contributed by atoms with Crippen molar-refractivity contribution in [3.63, 3.8) is 0 Å². The minimum absolute atomic E-state index is 0.398. The first-order valence-electron chi connectivity index (χ1n) is 7.00. The van der Waals surface area contributed by atoms with Crippen LogP contribution in [-0.4, -0.2) is 39.8 Å². The topological polar surface area (TPSA) is 98.0 Å². The van der Waals surface area contributed by atoms with Gasteiger partial charge in [0.05, 0.1) is 0 Å². The second-order valence-corrected chi connectivity index (χ2v) is 4.25. The number of anilines is 2. The second-order valence-electron chi connectivity index (χ2n) is 4.25. The Kier molecular flexibility index (Phi) is 5.89. The fourth-order valence-corrected chi connectivity index (χ4v) is 1.72. The minimum Gasteiger partial charge on any atom is -0.374 e. The molecule has 2 heterocycles. The zero-order valence-electron chi connectivity index (χ0n) is 12.3. The van der Waals surface area contributed by atoms with Gasteiger partial charge in [-0.2, -0.15) is 4.98 Å². The molecule has 0 unspecified atom stereocenters. The standard InChI is InChI=1S/C13H20N6O2/c1-3-14-11-7-12(18-13(17-11)8-20-4-2)15-6-5-10-16-9-21-19-10/h7,9H,3-6,8H2,1-2H3,(H2,14,15,17,18). The molecule has 0 radical (unpaired) electrons. The van der Waals surface area contributed by atoms with Crippen molar-refractivity contribution in [3.05, 3.63) is 24.1 Å². The van der Waals surface area contributed by atoms with Gasteiger partial charge in [0.25, 0.3) is 0 Å². The number of hydrogen-bond donors (Lipinski definition) is 2. The van der Waals surface area contributed by atoms with Gasteiger partial charge in [-0.15, -0.1) is 0 Å². The minimum atomic E-state index is 0.398. The summed E-state index contributed by atoms with van der Waals surface area (Å²) in [6, 6.07) is 1.87. The molecule has 0 bridgehead atoms. The molecule has 0 fully saturated rings. The van der Waals surface area contributed by atoms with Crippen LogP contribution in [0.15, 0.2) is 17.0 Å². The van der Waals surface area contributed by atoms with Crippen LogP contribution in [0.2, 0.25) is 0 Å². The predicted molar refractivity (Wildman–Crippen MR) is 78.0 cm³/mol. The number of ether oxygens (including phenoxy) is 1. The normalized spacial score (nSPS) is 10.6. The smallest absolute Gasteiger partial charge is 0.213 e. The Hall–Kier alpha value is -2.22. The van der Waals surface area contributed by atoms with Crippen LogP contribution in [0.3, 0.4) is 0 Å². The summed E-state index contributed by atoms with van der Waals surface area (Å²) in [5, 5.41) is 10.2. The average molecular weight is 292 g/mol. The lowest BCUT2D eigenvalue weighted by Gasteiger charge is -2.10. The third kappa shape index (κ3) is 4.99. The lowest BCUT2D eigenvalue weighted by atomic mass is 10.4. The molecule has 114 valence electrons. The highest BCUT2D eigenvalue weighted by Crippen LogP contribution is 2.12.